The first-order chi connectivity index (χ1) is 13.8. The number of aromatic nitrogens is 1. The summed E-state index contributed by atoms with van der Waals surface area (Å²) in [6, 6.07) is 9.50. The molecule has 1 aromatic heterocycles. The molecular weight excluding hydrogens is 436 g/mol. The van der Waals surface area contributed by atoms with Gasteiger partial charge in [0.25, 0.3) is 0 Å². The highest BCUT2D eigenvalue weighted by molar-refractivity contribution is 7.91. The fourth-order valence-electron chi connectivity index (χ4n) is 2.67. The van der Waals surface area contributed by atoms with Crippen LogP contribution in [0.1, 0.15) is 12.8 Å². The van der Waals surface area contributed by atoms with Gasteiger partial charge in [0.2, 0.25) is 5.91 Å². The van der Waals surface area contributed by atoms with Crippen LogP contribution >= 0.6 is 22.9 Å². The normalized spacial score (nSPS) is 11.4. The van der Waals surface area contributed by atoms with Crippen molar-refractivity contribution in [1.29, 1.82) is 0 Å². The molecule has 0 aliphatic carbocycles. The van der Waals surface area contributed by atoms with E-state index in [1.165, 1.54) is 42.7 Å². The molecule has 1 amide bonds. The lowest BCUT2D eigenvalue weighted by Crippen LogP contribution is -2.14. The highest BCUT2D eigenvalue weighted by atomic mass is 35.5. The number of anilines is 1. The Morgan fingerprint density at radius 1 is 1.14 bits per heavy atom. The van der Waals surface area contributed by atoms with Gasteiger partial charge in [0.15, 0.2) is 26.5 Å². The number of nitrogens with one attached hydrogen (secondary N) is 1. The summed E-state index contributed by atoms with van der Waals surface area (Å²) in [4.78, 5) is 16.8. The molecule has 2 aromatic carbocycles. The number of hydrogen-bond acceptors (Lipinski definition) is 7. The molecule has 0 atom stereocenters. The van der Waals surface area contributed by atoms with E-state index in [9.17, 15) is 13.2 Å². The van der Waals surface area contributed by atoms with Crippen molar-refractivity contribution in [3.05, 3.63) is 41.4 Å². The molecule has 0 radical (unpaired) electrons. The number of ether oxygens (including phenoxy) is 2. The third-order valence-corrected chi connectivity index (χ3v) is 7.13. The molecule has 0 unspecified atom stereocenters. The minimum absolute atomic E-state index is 0.0649. The van der Waals surface area contributed by atoms with E-state index in [1.807, 2.05) is 0 Å². The predicted molar refractivity (Wildman–Crippen MR) is 114 cm³/mol. The number of methoxy groups -OCH3 is 2. The summed E-state index contributed by atoms with van der Waals surface area (Å²) in [5.74, 6) is 0.704. The molecule has 0 saturated heterocycles. The van der Waals surface area contributed by atoms with Gasteiger partial charge in [0.05, 0.1) is 35.1 Å². The van der Waals surface area contributed by atoms with E-state index in [4.69, 9.17) is 21.1 Å². The number of rotatable bonds is 8. The Labute approximate surface area is 177 Å². The average molecular weight is 455 g/mol. The Kier molecular flexibility index (Phi) is 6.61. The number of carbonyl (C=O) groups is 1. The second kappa shape index (κ2) is 8.98. The summed E-state index contributed by atoms with van der Waals surface area (Å²) in [5, 5.41) is 3.61. The molecule has 1 N–H and O–H groups in total. The lowest BCUT2D eigenvalue weighted by Gasteiger charge is -2.05. The number of halogens is 1. The fourth-order valence-corrected chi connectivity index (χ4v) is 5.00. The van der Waals surface area contributed by atoms with Gasteiger partial charge in [0.1, 0.15) is 0 Å². The number of carbonyl (C=O) groups excluding carboxylic acids is 1. The first kappa shape index (κ1) is 21.4. The van der Waals surface area contributed by atoms with E-state index in [0.29, 0.717) is 27.2 Å². The van der Waals surface area contributed by atoms with Crippen molar-refractivity contribution >= 4 is 54.0 Å². The van der Waals surface area contributed by atoms with Crippen molar-refractivity contribution in [2.45, 2.75) is 17.7 Å². The van der Waals surface area contributed by atoms with Gasteiger partial charge in [-0.25, -0.2) is 13.4 Å². The molecule has 1 heterocycles. The molecule has 0 spiro atoms. The van der Waals surface area contributed by atoms with E-state index in [1.54, 1.807) is 19.2 Å². The van der Waals surface area contributed by atoms with Gasteiger partial charge in [-0.1, -0.05) is 22.9 Å². The van der Waals surface area contributed by atoms with E-state index in [2.05, 4.69) is 10.3 Å². The first-order valence-corrected chi connectivity index (χ1v) is 11.5. The summed E-state index contributed by atoms with van der Waals surface area (Å²) >= 11 is 7.08. The quantitative estimate of drug-likeness (QED) is 0.549. The Bertz CT molecular complexity index is 1090. The molecule has 3 aromatic rings. The Morgan fingerprint density at radius 2 is 1.79 bits per heavy atom. The smallest absolute Gasteiger partial charge is 0.226 e. The van der Waals surface area contributed by atoms with Crippen LogP contribution in [0.3, 0.4) is 0 Å². The summed E-state index contributed by atoms with van der Waals surface area (Å²) in [5.41, 5.74) is 0.674. The molecule has 0 saturated carbocycles. The van der Waals surface area contributed by atoms with Crippen LogP contribution in [0.15, 0.2) is 41.3 Å². The minimum atomic E-state index is -3.46. The SMILES string of the molecule is COc1cc2nc(NC(=O)CCCS(=O)(=O)c3ccc(Cl)cc3)sc2cc1OC. The standard InChI is InChI=1S/C19H19ClN2O5S2/c1-26-15-10-14-17(11-16(15)27-2)28-19(21-14)22-18(23)4-3-9-29(24,25)13-7-5-12(20)6-8-13/h5-8,10-11H,3-4,9H2,1-2H3,(H,21,22,23). The Balaban J connectivity index is 1.60. The monoisotopic (exact) mass is 454 g/mol. The lowest BCUT2D eigenvalue weighted by molar-refractivity contribution is -0.116. The second-order valence-corrected chi connectivity index (χ2v) is 9.69. The minimum Gasteiger partial charge on any atom is -0.493 e. The van der Waals surface area contributed by atoms with Crippen LogP contribution in [0.4, 0.5) is 5.13 Å². The molecule has 154 valence electrons. The number of nitrogens with zero attached hydrogens (tertiary/aromatic N) is 1. The first-order valence-electron chi connectivity index (χ1n) is 8.63. The molecule has 0 aliphatic rings. The van der Waals surface area contributed by atoms with Gasteiger partial charge in [0, 0.05) is 23.6 Å². The van der Waals surface area contributed by atoms with E-state index in [-0.39, 0.29) is 29.4 Å². The van der Waals surface area contributed by atoms with Crippen molar-refractivity contribution in [2.24, 2.45) is 0 Å². The molecule has 0 fully saturated rings. The third kappa shape index (κ3) is 5.17. The van der Waals surface area contributed by atoms with Crippen molar-refractivity contribution in [2.75, 3.05) is 25.3 Å². The molecule has 7 nitrogen and oxygen atoms in total. The lowest BCUT2D eigenvalue weighted by atomic mass is 10.3. The molecule has 29 heavy (non-hydrogen) atoms. The van der Waals surface area contributed by atoms with Crippen molar-refractivity contribution in [1.82, 2.24) is 4.98 Å². The van der Waals surface area contributed by atoms with Gasteiger partial charge in [-0.15, -0.1) is 0 Å². The maximum Gasteiger partial charge on any atom is 0.226 e. The van der Waals surface area contributed by atoms with Gasteiger partial charge in [-0.3, -0.25) is 4.79 Å². The second-order valence-electron chi connectivity index (χ2n) is 6.12. The highest BCUT2D eigenvalue weighted by Crippen LogP contribution is 2.36. The zero-order valence-electron chi connectivity index (χ0n) is 15.8. The largest absolute Gasteiger partial charge is 0.493 e. The van der Waals surface area contributed by atoms with Crippen LogP contribution < -0.4 is 14.8 Å². The van der Waals surface area contributed by atoms with Gasteiger partial charge >= 0.3 is 0 Å². The van der Waals surface area contributed by atoms with E-state index < -0.39 is 9.84 Å². The van der Waals surface area contributed by atoms with E-state index in [0.717, 1.165) is 4.70 Å². The number of amides is 1. The van der Waals surface area contributed by atoms with Crippen LogP contribution in [-0.2, 0) is 14.6 Å². The van der Waals surface area contributed by atoms with Crippen molar-refractivity contribution in [3.63, 3.8) is 0 Å². The number of hydrogen-bond donors (Lipinski definition) is 1. The summed E-state index contributed by atoms with van der Waals surface area (Å²) in [7, 11) is -0.375. The van der Waals surface area contributed by atoms with Crippen molar-refractivity contribution < 1.29 is 22.7 Å². The maximum atomic E-state index is 12.3. The summed E-state index contributed by atoms with van der Waals surface area (Å²) in [6.45, 7) is 0. The Morgan fingerprint density at radius 3 is 2.45 bits per heavy atom. The molecular formula is C19H19ClN2O5S2. The average Bonchev–Trinajstić information content (AvgIpc) is 3.07. The van der Waals surface area contributed by atoms with Crippen LogP contribution in [0.5, 0.6) is 11.5 Å². The number of sulfone groups is 1. The molecule has 0 aliphatic heterocycles. The van der Waals surface area contributed by atoms with Gasteiger partial charge in [-0.05, 0) is 30.7 Å². The zero-order chi connectivity index (χ0) is 21.0. The van der Waals surface area contributed by atoms with Gasteiger partial charge < -0.3 is 14.8 Å². The third-order valence-electron chi connectivity index (χ3n) is 4.13. The summed E-state index contributed by atoms with van der Waals surface area (Å²) < 4.78 is 36.0. The van der Waals surface area contributed by atoms with E-state index >= 15 is 0 Å². The number of thiazole rings is 1. The van der Waals surface area contributed by atoms with Crippen LogP contribution in [0.25, 0.3) is 10.2 Å². The maximum absolute atomic E-state index is 12.3. The topological polar surface area (TPSA) is 94.6 Å². The zero-order valence-corrected chi connectivity index (χ0v) is 18.2. The number of benzene rings is 2. The Hall–Kier alpha value is -2.36. The fraction of sp³-hybridized carbons (Fsp3) is 0.263. The molecule has 3 rings (SSSR count). The molecule has 10 heteroatoms. The highest BCUT2D eigenvalue weighted by Gasteiger charge is 2.16. The summed E-state index contributed by atoms with van der Waals surface area (Å²) in [6.07, 6.45) is 0.263. The number of fused-ring (bicyclic) bond motifs is 1. The molecule has 0 bridgehead atoms. The van der Waals surface area contributed by atoms with Crippen LogP contribution in [-0.4, -0.2) is 39.3 Å². The van der Waals surface area contributed by atoms with Crippen molar-refractivity contribution in [3.8, 4) is 11.5 Å². The van der Waals surface area contributed by atoms with Gasteiger partial charge in [-0.2, -0.15) is 0 Å². The van der Waals surface area contributed by atoms with Crippen LogP contribution in [0, 0.1) is 0 Å². The predicted octanol–water partition coefficient (Wildman–Crippen LogP) is 4.16. The van der Waals surface area contributed by atoms with Crippen LogP contribution in [0.2, 0.25) is 5.02 Å².